The predicted octanol–water partition coefficient (Wildman–Crippen LogP) is 5.52. The number of ether oxygens (including phenoxy) is 1. The van der Waals surface area contributed by atoms with Gasteiger partial charge in [-0.1, -0.05) is 41.0 Å². The summed E-state index contributed by atoms with van der Waals surface area (Å²) in [5, 5.41) is 4.35. The molecule has 6 nitrogen and oxygen atoms in total. The molecule has 1 atom stereocenters. The maximum Gasteiger partial charge on any atom is 0.348 e. The molecule has 1 unspecified atom stereocenters. The normalized spacial score (nSPS) is 12.1. The SMILES string of the molecule is COC(=O)c1sc2nc(C)nc(SC(C)C(=O)Nc3cccc(Cl)c3Cl)c2c1C. The van der Waals surface area contributed by atoms with Crippen LogP contribution in [0.5, 0.6) is 0 Å². The molecule has 1 N–H and O–H groups in total. The van der Waals surface area contributed by atoms with Crippen LogP contribution in [0, 0.1) is 13.8 Å². The van der Waals surface area contributed by atoms with E-state index in [-0.39, 0.29) is 10.9 Å². The summed E-state index contributed by atoms with van der Waals surface area (Å²) < 4.78 is 4.85. The standard InChI is InChI=1S/C19H17Cl2N3O3S2/c1-8-13-17(22-10(3)23-18(13)29-15(8)19(26)27-4)28-9(2)16(25)24-12-7-5-6-11(20)14(12)21/h5-7,9H,1-4H3,(H,24,25). The van der Waals surface area contributed by atoms with Gasteiger partial charge in [-0.2, -0.15) is 0 Å². The zero-order valence-electron chi connectivity index (χ0n) is 16.0. The molecule has 0 radical (unpaired) electrons. The molecule has 152 valence electrons. The van der Waals surface area contributed by atoms with Crippen molar-refractivity contribution in [2.75, 3.05) is 12.4 Å². The fourth-order valence-corrected chi connectivity index (χ4v) is 5.24. The fourth-order valence-electron chi connectivity index (χ4n) is 2.63. The number of carbonyl (C=O) groups excluding carboxylic acids is 2. The quantitative estimate of drug-likeness (QED) is 0.300. The Kier molecular flexibility index (Phi) is 6.68. The summed E-state index contributed by atoms with van der Waals surface area (Å²) in [4.78, 5) is 34.8. The van der Waals surface area contributed by atoms with Crippen LogP contribution in [0.25, 0.3) is 10.2 Å². The fraction of sp³-hybridized carbons (Fsp3) is 0.263. The molecule has 3 rings (SSSR count). The van der Waals surface area contributed by atoms with Crippen LogP contribution in [0.3, 0.4) is 0 Å². The molecule has 0 aliphatic heterocycles. The minimum Gasteiger partial charge on any atom is -0.465 e. The number of thiophene rings is 1. The molecule has 10 heteroatoms. The highest BCUT2D eigenvalue weighted by molar-refractivity contribution is 8.00. The summed E-state index contributed by atoms with van der Waals surface area (Å²) in [6.45, 7) is 5.36. The topological polar surface area (TPSA) is 81.2 Å². The number of aromatic nitrogens is 2. The number of nitrogens with zero attached hydrogens (tertiary/aromatic N) is 2. The molecule has 0 aliphatic carbocycles. The summed E-state index contributed by atoms with van der Waals surface area (Å²) in [6.07, 6.45) is 0. The lowest BCUT2D eigenvalue weighted by Gasteiger charge is -2.14. The lowest BCUT2D eigenvalue weighted by atomic mass is 10.2. The number of carbonyl (C=O) groups is 2. The number of anilines is 1. The van der Waals surface area contributed by atoms with Gasteiger partial charge in [-0.3, -0.25) is 4.79 Å². The number of hydrogen-bond acceptors (Lipinski definition) is 7. The van der Waals surface area contributed by atoms with Crippen LogP contribution < -0.4 is 5.32 Å². The van der Waals surface area contributed by atoms with E-state index < -0.39 is 11.2 Å². The molecule has 2 heterocycles. The maximum absolute atomic E-state index is 12.7. The Hall–Kier alpha value is -1.87. The molecule has 29 heavy (non-hydrogen) atoms. The van der Waals surface area contributed by atoms with Crippen LogP contribution in [-0.2, 0) is 9.53 Å². The zero-order chi connectivity index (χ0) is 21.3. The van der Waals surface area contributed by atoms with Gasteiger partial charge in [0.15, 0.2) is 0 Å². The molecule has 1 aromatic carbocycles. The number of thioether (sulfide) groups is 1. The molecule has 0 fully saturated rings. The van der Waals surface area contributed by atoms with Gasteiger partial charge in [-0.25, -0.2) is 14.8 Å². The van der Waals surface area contributed by atoms with Crippen LogP contribution in [-0.4, -0.2) is 34.2 Å². The minimum atomic E-state index is -0.483. The van der Waals surface area contributed by atoms with Gasteiger partial charge in [-0.05, 0) is 38.5 Å². The largest absolute Gasteiger partial charge is 0.465 e. The lowest BCUT2D eigenvalue weighted by Crippen LogP contribution is -2.22. The predicted molar refractivity (Wildman–Crippen MR) is 119 cm³/mol. The highest BCUT2D eigenvalue weighted by Crippen LogP contribution is 2.38. The number of rotatable bonds is 5. The smallest absolute Gasteiger partial charge is 0.348 e. The van der Waals surface area contributed by atoms with E-state index in [9.17, 15) is 9.59 Å². The summed E-state index contributed by atoms with van der Waals surface area (Å²) in [5.74, 6) is -0.103. The van der Waals surface area contributed by atoms with Crippen LogP contribution in [0.15, 0.2) is 23.2 Å². The van der Waals surface area contributed by atoms with Crippen molar-refractivity contribution in [2.45, 2.75) is 31.0 Å². The second-order valence-corrected chi connectivity index (χ2v) is 9.27. The average Bonchev–Trinajstić information content (AvgIpc) is 3.01. The summed E-state index contributed by atoms with van der Waals surface area (Å²) >= 11 is 14.7. The lowest BCUT2D eigenvalue weighted by molar-refractivity contribution is -0.115. The van der Waals surface area contributed by atoms with Crippen molar-refractivity contribution < 1.29 is 14.3 Å². The third-order valence-corrected chi connectivity index (χ3v) is 7.18. The number of esters is 1. The van der Waals surface area contributed by atoms with Crippen molar-refractivity contribution >= 4 is 74.1 Å². The highest BCUT2D eigenvalue weighted by Gasteiger charge is 2.24. The molecule has 0 spiro atoms. The number of amides is 1. The Morgan fingerprint density at radius 1 is 1.24 bits per heavy atom. The van der Waals surface area contributed by atoms with Crippen molar-refractivity contribution in [2.24, 2.45) is 0 Å². The first-order valence-corrected chi connectivity index (χ1v) is 11.0. The minimum absolute atomic E-state index is 0.246. The molecule has 0 bridgehead atoms. The first-order chi connectivity index (χ1) is 13.7. The second kappa shape index (κ2) is 8.87. The average molecular weight is 470 g/mol. The van der Waals surface area contributed by atoms with Gasteiger partial charge >= 0.3 is 5.97 Å². The molecule has 3 aromatic rings. The highest BCUT2D eigenvalue weighted by atomic mass is 35.5. The van der Waals surface area contributed by atoms with Crippen molar-refractivity contribution in [1.82, 2.24) is 9.97 Å². The third kappa shape index (κ3) is 4.50. The Labute approximate surface area is 186 Å². The number of hydrogen-bond donors (Lipinski definition) is 1. The van der Waals surface area contributed by atoms with Gasteiger partial charge in [0, 0.05) is 5.39 Å². The van der Waals surface area contributed by atoms with E-state index in [0.717, 1.165) is 10.9 Å². The van der Waals surface area contributed by atoms with Crippen LogP contribution in [0.2, 0.25) is 10.0 Å². The molecule has 2 aromatic heterocycles. The number of benzene rings is 1. The van der Waals surface area contributed by atoms with E-state index in [1.165, 1.54) is 30.2 Å². The molecule has 0 saturated carbocycles. The molecular weight excluding hydrogens is 453 g/mol. The molecule has 1 amide bonds. The summed E-state index contributed by atoms with van der Waals surface area (Å²) in [6, 6.07) is 5.04. The van der Waals surface area contributed by atoms with Crippen molar-refractivity contribution in [3.63, 3.8) is 0 Å². The van der Waals surface area contributed by atoms with Crippen molar-refractivity contribution in [3.8, 4) is 0 Å². The van der Waals surface area contributed by atoms with Crippen LogP contribution >= 0.6 is 46.3 Å². The Morgan fingerprint density at radius 3 is 2.66 bits per heavy atom. The number of nitrogens with one attached hydrogen (secondary N) is 1. The van der Waals surface area contributed by atoms with E-state index in [1.54, 1.807) is 32.0 Å². The van der Waals surface area contributed by atoms with Gasteiger partial charge in [0.1, 0.15) is 20.6 Å². The summed E-state index contributed by atoms with van der Waals surface area (Å²) in [7, 11) is 1.34. The van der Waals surface area contributed by atoms with E-state index in [4.69, 9.17) is 27.9 Å². The Balaban J connectivity index is 1.90. The van der Waals surface area contributed by atoms with Crippen molar-refractivity contribution in [1.29, 1.82) is 0 Å². The van der Waals surface area contributed by atoms with E-state index >= 15 is 0 Å². The molecule has 0 saturated heterocycles. The van der Waals surface area contributed by atoms with Gasteiger partial charge in [0.05, 0.1) is 28.1 Å². The monoisotopic (exact) mass is 469 g/mol. The number of halogens is 2. The van der Waals surface area contributed by atoms with E-state index in [1.807, 2.05) is 6.92 Å². The Bertz CT molecular complexity index is 1120. The van der Waals surface area contributed by atoms with Crippen LogP contribution in [0.1, 0.15) is 28.0 Å². The zero-order valence-corrected chi connectivity index (χ0v) is 19.1. The Morgan fingerprint density at radius 2 is 1.97 bits per heavy atom. The van der Waals surface area contributed by atoms with Gasteiger partial charge in [0.2, 0.25) is 5.91 Å². The van der Waals surface area contributed by atoms with Gasteiger partial charge < -0.3 is 10.1 Å². The number of aryl methyl sites for hydroxylation is 2. The van der Waals surface area contributed by atoms with Crippen molar-refractivity contribution in [3.05, 3.63) is 44.5 Å². The first kappa shape index (κ1) is 21.8. The van der Waals surface area contributed by atoms with Gasteiger partial charge in [-0.15, -0.1) is 11.3 Å². The third-order valence-electron chi connectivity index (χ3n) is 4.11. The first-order valence-electron chi connectivity index (χ1n) is 8.50. The van der Waals surface area contributed by atoms with E-state index in [0.29, 0.717) is 31.3 Å². The number of methoxy groups -OCH3 is 1. The maximum atomic E-state index is 12.7. The van der Waals surface area contributed by atoms with E-state index in [2.05, 4.69) is 15.3 Å². The second-order valence-electron chi connectivity index (χ2n) is 6.15. The molecule has 0 aliphatic rings. The van der Waals surface area contributed by atoms with Gasteiger partial charge in [0.25, 0.3) is 0 Å². The summed E-state index contributed by atoms with van der Waals surface area (Å²) in [5.41, 5.74) is 1.19. The number of fused-ring (bicyclic) bond motifs is 1. The van der Waals surface area contributed by atoms with Crippen LogP contribution in [0.4, 0.5) is 5.69 Å². The molecular formula is C19H17Cl2N3O3S2.